The highest BCUT2D eigenvalue weighted by Crippen LogP contribution is 2.28. The van der Waals surface area contributed by atoms with E-state index >= 15 is 0 Å². The first-order valence-electron chi connectivity index (χ1n) is 9.44. The fraction of sp³-hybridized carbons (Fsp3) is 0.526. The molecule has 3 aromatic rings. The van der Waals surface area contributed by atoms with Crippen molar-refractivity contribution in [2.24, 2.45) is 5.92 Å². The van der Waals surface area contributed by atoms with Crippen LogP contribution in [0.4, 0.5) is 5.95 Å². The van der Waals surface area contributed by atoms with Crippen molar-refractivity contribution in [2.75, 3.05) is 31.2 Å². The van der Waals surface area contributed by atoms with Crippen LogP contribution >= 0.6 is 11.8 Å². The number of aromatic nitrogens is 5. The molecule has 8 heteroatoms. The van der Waals surface area contributed by atoms with Crippen molar-refractivity contribution in [3.63, 3.8) is 0 Å². The Labute approximate surface area is 163 Å². The lowest BCUT2D eigenvalue weighted by Gasteiger charge is -2.28. The number of pyridine rings is 1. The zero-order valence-corrected chi connectivity index (χ0v) is 16.9. The van der Waals surface area contributed by atoms with E-state index in [-0.39, 0.29) is 0 Å². The largest absolute Gasteiger partial charge is 0.378 e. The Hall–Kier alpha value is -2.06. The molecule has 0 radical (unpaired) electrons. The molecule has 27 heavy (non-hydrogen) atoms. The van der Waals surface area contributed by atoms with Gasteiger partial charge < -0.3 is 14.0 Å². The number of hydrogen-bond donors (Lipinski definition) is 0. The van der Waals surface area contributed by atoms with Crippen molar-refractivity contribution in [3.8, 4) is 0 Å². The van der Waals surface area contributed by atoms with E-state index in [1.807, 2.05) is 18.2 Å². The Morgan fingerprint density at radius 1 is 1.19 bits per heavy atom. The molecule has 4 rings (SSSR count). The normalized spacial score (nSPS) is 15.2. The second-order valence-electron chi connectivity index (χ2n) is 7.25. The summed E-state index contributed by atoms with van der Waals surface area (Å²) >= 11 is 1.73. The van der Waals surface area contributed by atoms with Gasteiger partial charge in [0.15, 0.2) is 5.16 Å². The van der Waals surface area contributed by atoms with Crippen LogP contribution in [0.1, 0.15) is 25.2 Å². The number of hydrogen-bond acceptors (Lipinski definition) is 6. The first-order chi connectivity index (χ1) is 13.1. The van der Waals surface area contributed by atoms with Gasteiger partial charge in [0, 0.05) is 31.6 Å². The molecule has 0 spiro atoms. The van der Waals surface area contributed by atoms with E-state index < -0.39 is 0 Å². The van der Waals surface area contributed by atoms with Crippen LogP contribution in [0.5, 0.6) is 0 Å². The van der Waals surface area contributed by atoms with Crippen LogP contribution in [0.3, 0.4) is 0 Å². The Balaban J connectivity index is 1.59. The van der Waals surface area contributed by atoms with Crippen molar-refractivity contribution in [1.82, 2.24) is 24.1 Å². The molecule has 0 aromatic carbocycles. The van der Waals surface area contributed by atoms with Gasteiger partial charge in [0.05, 0.1) is 24.6 Å². The zero-order valence-electron chi connectivity index (χ0n) is 16.1. The van der Waals surface area contributed by atoms with E-state index in [0.717, 1.165) is 61.0 Å². The molecule has 144 valence electrons. The average Bonchev–Trinajstić information content (AvgIpc) is 3.20. The lowest BCUT2D eigenvalue weighted by atomic mass is 10.2. The van der Waals surface area contributed by atoms with Gasteiger partial charge in [0.1, 0.15) is 5.65 Å². The van der Waals surface area contributed by atoms with E-state index in [1.54, 1.807) is 11.8 Å². The van der Waals surface area contributed by atoms with Crippen LogP contribution in [0.2, 0.25) is 0 Å². The number of imidazole rings is 1. The molecule has 1 saturated heterocycles. The van der Waals surface area contributed by atoms with E-state index in [9.17, 15) is 0 Å². The molecular formula is C19H26N6OS. The monoisotopic (exact) mass is 386 g/mol. The van der Waals surface area contributed by atoms with Gasteiger partial charge in [-0.1, -0.05) is 31.7 Å². The third-order valence-corrected chi connectivity index (χ3v) is 5.68. The van der Waals surface area contributed by atoms with Gasteiger partial charge in [-0.3, -0.25) is 4.57 Å². The second-order valence-corrected chi connectivity index (χ2v) is 8.19. The summed E-state index contributed by atoms with van der Waals surface area (Å²) in [5, 5.41) is 10.0. The Morgan fingerprint density at radius 3 is 2.78 bits per heavy atom. The van der Waals surface area contributed by atoms with Crippen molar-refractivity contribution < 1.29 is 4.74 Å². The first kappa shape index (κ1) is 18.3. The van der Waals surface area contributed by atoms with Crippen LogP contribution in [0.25, 0.3) is 5.65 Å². The SMILES string of the molecule is Cc1nc2ccccn2c1CSc1nnc(N2CCOCC2)n1CC(C)C. The predicted octanol–water partition coefficient (Wildman–Crippen LogP) is 3.02. The van der Waals surface area contributed by atoms with Crippen LogP contribution in [0, 0.1) is 12.8 Å². The molecule has 1 aliphatic rings. The molecule has 1 fully saturated rings. The molecule has 7 nitrogen and oxygen atoms in total. The number of nitrogens with zero attached hydrogens (tertiary/aromatic N) is 6. The Morgan fingerprint density at radius 2 is 2.00 bits per heavy atom. The van der Waals surface area contributed by atoms with E-state index in [1.165, 1.54) is 5.69 Å². The van der Waals surface area contributed by atoms with Crippen LogP contribution in [-0.4, -0.2) is 50.5 Å². The molecule has 0 unspecified atom stereocenters. The molecule has 0 N–H and O–H groups in total. The van der Waals surface area contributed by atoms with Gasteiger partial charge in [-0.2, -0.15) is 0 Å². The fourth-order valence-corrected chi connectivity index (χ4v) is 4.41. The maximum atomic E-state index is 5.49. The summed E-state index contributed by atoms with van der Waals surface area (Å²) in [5.74, 6) is 2.30. The maximum Gasteiger partial charge on any atom is 0.228 e. The smallest absolute Gasteiger partial charge is 0.228 e. The summed E-state index contributed by atoms with van der Waals surface area (Å²) in [6.45, 7) is 10.7. The molecule has 0 atom stereocenters. The minimum atomic E-state index is 0.526. The number of morpholine rings is 1. The Kier molecular flexibility index (Phi) is 5.36. The zero-order chi connectivity index (χ0) is 18.8. The quantitative estimate of drug-likeness (QED) is 0.607. The number of aryl methyl sites for hydroxylation is 1. The van der Waals surface area contributed by atoms with Gasteiger partial charge in [0.2, 0.25) is 5.95 Å². The summed E-state index contributed by atoms with van der Waals surface area (Å²) in [6, 6.07) is 6.10. The van der Waals surface area contributed by atoms with Gasteiger partial charge in [-0.15, -0.1) is 10.2 Å². The third-order valence-electron chi connectivity index (χ3n) is 4.71. The summed E-state index contributed by atoms with van der Waals surface area (Å²) in [5.41, 5.74) is 3.27. The molecule has 0 aliphatic carbocycles. The van der Waals surface area contributed by atoms with Crippen molar-refractivity contribution >= 4 is 23.4 Å². The van der Waals surface area contributed by atoms with E-state index in [4.69, 9.17) is 4.74 Å². The average molecular weight is 387 g/mol. The standard InChI is InChI=1S/C19H26N6OS/c1-14(2)12-25-18(23-8-10-26-11-9-23)21-22-19(25)27-13-16-15(3)20-17-6-4-5-7-24(16)17/h4-7,14H,8-13H2,1-3H3. The number of rotatable bonds is 6. The van der Waals surface area contributed by atoms with E-state index in [2.05, 4.69) is 56.0 Å². The summed E-state index contributed by atoms with van der Waals surface area (Å²) < 4.78 is 9.91. The van der Waals surface area contributed by atoms with Gasteiger partial charge in [0.25, 0.3) is 0 Å². The minimum absolute atomic E-state index is 0.526. The summed E-state index contributed by atoms with van der Waals surface area (Å²) in [4.78, 5) is 6.94. The molecule has 0 amide bonds. The third kappa shape index (κ3) is 3.82. The fourth-order valence-electron chi connectivity index (χ4n) is 3.38. The summed E-state index contributed by atoms with van der Waals surface area (Å²) in [7, 11) is 0. The van der Waals surface area contributed by atoms with Gasteiger partial charge in [-0.25, -0.2) is 4.98 Å². The van der Waals surface area contributed by atoms with Crippen molar-refractivity contribution in [3.05, 3.63) is 35.8 Å². The number of fused-ring (bicyclic) bond motifs is 1. The second kappa shape index (κ2) is 7.90. The lowest BCUT2D eigenvalue weighted by Crippen LogP contribution is -2.38. The number of anilines is 1. The van der Waals surface area contributed by atoms with Crippen molar-refractivity contribution in [1.29, 1.82) is 0 Å². The van der Waals surface area contributed by atoms with Gasteiger partial charge >= 0.3 is 0 Å². The molecule has 0 saturated carbocycles. The highest BCUT2D eigenvalue weighted by atomic mass is 32.2. The van der Waals surface area contributed by atoms with Crippen LogP contribution in [-0.2, 0) is 17.0 Å². The maximum absolute atomic E-state index is 5.49. The highest BCUT2D eigenvalue weighted by Gasteiger charge is 2.21. The summed E-state index contributed by atoms with van der Waals surface area (Å²) in [6.07, 6.45) is 2.07. The van der Waals surface area contributed by atoms with Crippen LogP contribution < -0.4 is 4.90 Å². The number of ether oxygens (including phenoxy) is 1. The van der Waals surface area contributed by atoms with Crippen LogP contribution in [0.15, 0.2) is 29.6 Å². The number of thioether (sulfide) groups is 1. The molecule has 0 bridgehead atoms. The highest BCUT2D eigenvalue weighted by molar-refractivity contribution is 7.98. The van der Waals surface area contributed by atoms with E-state index in [0.29, 0.717) is 5.92 Å². The Bertz CT molecular complexity index is 912. The molecular weight excluding hydrogens is 360 g/mol. The van der Waals surface area contributed by atoms with Crippen molar-refractivity contribution in [2.45, 2.75) is 38.2 Å². The van der Waals surface area contributed by atoms with Gasteiger partial charge in [-0.05, 0) is 25.0 Å². The minimum Gasteiger partial charge on any atom is -0.378 e. The molecule has 1 aliphatic heterocycles. The topological polar surface area (TPSA) is 60.5 Å². The first-order valence-corrected chi connectivity index (χ1v) is 10.4. The lowest BCUT2D eigenvalue weighted by molar-refractivity contribution is 0.121. The predicted molar refractivity (Wildman–Crippen MR) is 107 cm³/mol. The molecule has 4 heterocycles. The molecule has 3 aromatic heterocycles.